The molecule has 2 aromatic carbocycles. The second kappa shape index (κ2) is 5.52. The second-order valence-electron chi connectivity index (χ2n) is 3.48. The molecular formula is C13H9BrClFO. The zero-order valence-corrected chi connectivity index (χ0v) is 11.1. The fourth-order valence-electron chi connectivity index (χ4n) is 1.33. The number of hydrogen-bond donors (Lipinski definition) is 0. The highest BCUT2D eigenvalue weighted by Gasteiger charge is 2.03. The Kier molecular flexibility index (Phi) is 4.02. The normalized spacial score (nSPS) is 10.3. The van der Waals surface area contributed by atoms with Crippen LogP contribution in [-0.2, 0) is 6.61 Å². The molecule has 0 radical (unpaired) electrons. The molecule has 88 valence electrons. The Bertz CT molecular complexity index is 513. The third-order valence-electron chi connectivity index (χ3n) is 2.22. The van der Waals surface area contributed by atoms with Gasteiger partial charge >= 0.3 is 0 Å². The molecule has 0 amide bonds. The smallest absolute Gasteiger partial charge is 0.130 e. The molecule has 0 saturated heterocycles. The zero-order valence-electron chi connectivity index (χ0n) is 8.79. The van der Waals surface area contributed by atoms with Crippen LogP contribution >= 0.6 is 27.5 Å². The van der Waals surface area contributed by atoms with Gasteiger partial charge in [0.1, 0.15) is 18.2 Å². The molecule has 0 aromatic heterocycles. The van der Waals surface area contributed by atoms with Crippen LogP contribution in [0.5, 0.6) is 5.75 Å². The van der Waals surface area contributed by atoms with E-state index >= 15 is 0 Å². The molecule has 0 aliphatic rings. The van der Waals surface area contributed by atoms with Crippen molar-refractivity contribution in [3.8, 4) is 5.75 Å². The van der Waals surface area contributed by atoms with Crippen LogP contribution in [0.25, 0.3) is 0 Å². The summed E-state index contributed by atoms with van der Waals surface area (Å²) in [5.41, 5.74) is 0.517. The summed E-state index contributed by atoms with van der Waals surface area (Å²) in [7, 11) is 0. The van der Waals surface area contributed by atoms with E-state index in [1.165, 1.54) is 6.07 Å². The van der Waals surface area contributed by atoms with Crippen molar-refractivity contribution in [3.05, 3.63) is 63.3 Å². The van der Waals surface area contributed by atoms with Crippen LogP contribution in [0.15, 0.2) is 46.9 Å². The molecule has 1 nitrogen and oxygen atoms in total. The Hall–Kier alpha value is -1.06. The highest BCUT2D eigenvalue weighted by Crippen LogP contribution is 2.19. The quantitative estimate of drug-likeness (QED) is 0.789. The average molecular weight is 316 g/mol. The van der Waals surface area contributed by atoms with Crippen molar-refractivity contribution in [1.29, 1.82) is 0 Å². The largest absolute Gasteiger partial charge is 0.489 e. The van der Waals surface area contributed by atoms with Crippen molar-refractivity contribution in [3.63, 3.8) is 0 Å². The van der Waals surface area contributed by atoms with Crippen LogP contribution in [0.4, 0.5) is 4.39 Å². The van der Waals surface area contributed by atoms with Gasteiger partial charge in [0.2, 0.25) is 0 Å². The van der Waals surface area contributed by atoms with Gasteiger partial charge in [0.15, 0.2) is 0 Å². The molecular weight excluding hydrogens is 306 g/mol. The van der Waals surface area contributed by atoms with E-state index in [4.69, 9.17) is 16.3 Å². The minimum atomic E-state index is -0.284. The second-order valence-corrected chi connectivity index (χ2v) is 4.83. The molecule has 0 aliphatic heterocycles. The Balaban J connectivity index is 2.04. The summed E-state index contributed by atoms with van der Waals surface area (Å²) in [5.74, 6) is 0.380. The lowest BCUT2D eigenvalue weighted by atomic mass is 10.2. The Morgan fingerprint density at radius 2 is 1.82 bits per heavy atom. The average Bonchev–Trinajstić information content (AvgIpc) is 2.30. The van der Waals surface area contributed by atoms with Gasteiger partial charge in [-0.2, -0.15) is 0 Å². The third-order valence-corrected chi connectivity index (χ3v) is 2.97. The first kappa shape index (κ1) is 12.4. The molecule has 4 heteroatoms. The highest BCUT2D eigenvalue weighted by atomic mass is 79.9. The predicted molar refractivity (Wildman–Crippen MR) is 69.9 cm³/mol. The van der Waals surface area contributed by atoms with Crippen LogP contribution in [0.2, 0.25) is 5.02 Å². The summed E-state index contributed by atoms with van der Waals surface area (Å²) >= 11 is 8.96. The molecule has 0 spiro atoms. The fourth-order valence-corrected chi connectivity index (χ4v) is 1.79. The van der Waals surface area contributed by atoms with E-state index in [0.29, 0.717) is 20.8 Å². The van der Waals surface area contributed by atoms with E-state index < -0.39 is 0 Å². The molecule has 0 fully saturated rings. The number of rotatable bonds is 3. The van der Waals surface area contributed by atoms with Gasteiger partial charge in [-0.05, 0) is 36.4 Å². The van der Waals surface area contributed by atoms with Gasteiger partial charge in [0.05, 0.1) is 0 Å². The first-order chi connectivity index (χ1) is 8.15. The summed E-state index contributed by atoms with van der Waals surface area (Å²) in [5, 5.41) is 0.646. The lowest BCUT2D eigenvalue weighted by molar-refractivity contribution is 0.300. The summed E-state index contributed by atoms with van der Waals surface area (Å²) < 4.78 is 19.7. The van der Waals surface area contributed by atoms with Crippen molar-refractivity contribution < 1.29 is 9.13 Å². The lowest BCUT2D eigenvalue weighted by Crippen LogP contribution is -1.98. The van der Waals surface area contributed by atoms with E-state index in [1.807, 2.05) is 0 Å². The summed E-state index contributed by atoms with van der Waals surface area (Å²) in [6, 6.07) is 11.8. The van der Waals surface area contributed by atoms with E-state index in [2.05, 4.69) is 15.9 Å². The molecule has 0 unspecified atom stereocenters. The Labute approximate surface area is 112 Å². The maximum atomic E-state index is 13.5. The molecule has 0 bridgehead atoms. The SMILES string of the molecule is Fc1cc(Br)ccc1COc1ccc(Cl)cc1. The maximum Gasteiger partial charge on any atom is 0.130 e. The van der Waals surface area contributed by atoms with Crippen molar-refractivity contribution in [1.82, 2.24) is 0 Å². The van der Waals surface area contributed by atoms with E-state index in [0.717, 1.165) is 0 Å². The third kappa shape index (κ3) is 3.45. The summed E-state index contributed by atoms with van der Waals surface area (Å²) in [4.78, 5) is 0. The van der Waals surface area contributed by atoms with E-state index in [1.54, 1.807) is 36.4 Å². The molecule has 2 rings (SSSR count). The van der Waals surface area contributed by atoms with E-state index in [-0.39, 0.29) is 12.4 Å². The number of halogens is 3. The number of benzene rings is 2. The van der Waals surface area contributed by atoms with Crippen molar-refractivity contribution in [2.45, 2.75) is 6.61 Å². The molecule has 0 saturated carbocycles. The summed E-state index contributed by atoms with van der Waals surface area (Å²) in [6.07, 6.45) is 0. The monoisotopic (exact) mass is 314 g/mol. The van der Waals surface area contributed by atoms with Crippen molar-refractivity contribution in [2.75, 3.05) is 0 Å². The van der Waals surface area contributed by atoms with Gasteiger partial charge in [0.25, 0.3) is 0 Å². The van der Waals surface area contributed by atoms with Gasteiger partial charge in [-0.1, -0.05) is 33.6 Å². The Morgan fingerprint density at radius 1 is 1.12 bits per heavy atom. The van der Waals surface area contributed by atoms with Crippen LogP contribution in [0, 0.1) is 5.82 Å². The number of hydrogen-bond acceptors (Lipinski definition) is 1. The van der Waals surface area contributed by atoms with Crippen LogP contribution in [-0.4, -0.2) is 0 Å². The summed E-state index contributed by atoms with van der Waals surface area (Å²) in [6.45, 7) is 0.195. The first-order valence-electron chi connectivity index (χ1n) is 4.97. The van der Waals surface area contributed by atoms with Crippen molar-refractivity contribution >= 4 is 27.5 Å². The molecule has 17 heavy (non-hydrogen) atoms. The number of ether oxygens (including phenoxy) is 1. The first-order valence-corrected chi connectivity index (χ1v) is 6.14. The highest BCUT2D eigenvalue weighted by molar-refractivity contribution is 9.10. The van der Waals surface area contributed by atoms with Crippen LogP contribution < -0.4 is 4.74 Å². The minimum absolute atomic E-state index is 0.195. The van der Waals surface area contributed by atoms with Crippen LogP contribution in [0.1, 0.15) is 5.56 Å². The van der Waals surface area contributed by atoms with Gasteiger partial charge in [-0.25, -0.2) is 4.39 Å². The fraction of sp³-hybridized carbons (Fsp3) is 0.0769. The van der Waals surface area contributed by atoms with E-state index in [9.17, 15) is 4.39 Å². The topological polar surface area (TPSA) is 9.23 Å². The van der Waals surface area contributed by atoms with Gasteiger partial charge in [-0.15, -0.1) is 0 Å². The standard InChI is InChI=1S/C13H9BrClFO/c14-10-2-1-9(13(16)7-10)8-17-12-5-3-11(15)4-6-12/h1-7H,8H2. The molecule has 2 aromatic rings. The maximum absolute atomic E-state index is 13.5. The lowest BCUT2D eigenvalue weighted by Gasteiger charge is -2.07. The molecule has 0 heterocycles. The zero-order chi connectivity index (χ0) is 12.3. The molecule has 0 atom stereocenters. The Morgan fingerprint density at radius 3 is 2.47 bits per heavy atom. The predicted octanol–water partition coefficient (Wildman–Crippen LogP) is 4.82. The van der Waals surface area contributed by atoms with Gasteiger partial charge in [0, 0.05) is 15.1 Å². The van der Waals surface area contributed by atoms with Gasteiger partial charge < -0.3 is 4.74 Å². The van der Waals surface area contributed by atoms with Crippen molar-refractivity contribution in [2.24, 2.45) is 0 Å². The molecule has 0 aliphatic carbocycles. The van der Waals surface area contributed by atoms with Gasteiger partial charge in [-0.3, -0.25) is 0 Å². The minimum Gasteiger partial charge on any atom is -0.489 e. The molecule has 0 N–H and O–H groups in total. The van der Waals surface area contributed by atoms with Crippen LogP contribution in [0.3, 0.4) is 0 Å².